The van der Waals surface area contributed by atoms with Gasteiger partial charge in [-0.3, -0.25) is 9.69 Å². The SMILES string of the molecule is CC(C#N)N1CCN(C(=O)c2ccoc2Cl)CC1. The van der Waals surface area contributed by atoms with Crippen molar-refractivity contribution in [3.05, 3.63) is 23.1 Å². The predicted octanol–water partition coefficient (Wildman–Crippen LogP) is 1.60. The highest BCUT2D eigenvalue weighted by atomic mass is 35.5. The lowest BCUT2D eigenvalue weighted by Gasteiger charge is -2.35. The molecule has 1 fully saturated rings. The first kappa shape index (κ1) is 12.9. The lowest BCUT2D eigenvalue weighted by Crippen LogP contribution is -2.51. The number of carbonyl (C=O) groups is 1. The van der Waals surface area contributed by atoms with E-state index in [1.54, 1.807) is 11.0 Å². The van der Waals surface area contributed by atoms with Crippen LogP contribution in [0.1, 0.15) is 17.3 Å². The topological polar surface area (TPSA) is 60.5 Å². The molecule has 2 rings (SSSR count). The molecule has 1 aromatic rings. The number of carbonyl (C=O) groups excluding carboxylic acids is 1. The zero-order valence-electron chi connectivity index (χ0n) is 10.1. The fourth-order valence-electron chi connectivity index (χ4n) is 2.01. The van der Waals surface area contributed by atoms with Gasteiger partial charge in [0.1, 0.15) is 0 Å². The number of furan rings is 1. The van der Waals surface area contributed by atoms with Crippen molar-refractivity contribution in [2.24, 2.45) is 0 Å². The smallest absolute Gasteiger partial charge is 0.258 e. The second-order valence-electron chi connectivity index (χ2n) is 4.24. The zero-order chi connectivity index (χ0) is 13.1. The molecule has 1 atom stereocenters. The van der Waals surface area contributed by atoms with Crippen LogP contribution >= 0.6 is 11.6 Å². The molecule has 0 spiro atoms. The third-order valence-electron chi connectivity index (χ3n) is 3.18. The Hall–Kier alpha value is -1.51. The molecule has 1 aromatic heterocycles. The average Bonchev–Trinajstić information content (AvgIpc) is 2.83. The lowest BCUT2D eigenvalue weighted by molar-refractivity contribution is 0.0615. The maximum absolute atomic E-state index is 12.1. The Balaban J connectivity index is 1.97. The predicted molar refractivity (Wildman–Crippen MR) is 66.3 cm³/mol. The molecule has 1 amide bonds. The van der Waals surface area contributed by atoms with Crippen molar-refractivity contribution in [2.45, 2.75) is 13.0 Å². The normalized spacial score (nSPS) is 18.4. The van der Waals surface area contributed by atoms with Gasteiger partial charge in [0, 0.05) is 26.2 Å². The van der Waals surface area contributed by atoms with Gasteiger partial charge in [0.25, 0.3) is 5.91 Å². The highest BCUT2D eigenvalue weighted by Crippen LogP contribution is 2.19. The number of piperazine rings is 1. The molecular weight excluding hydrogens is 254 g/mol. The summed E-state index contributed by atoms with van der Waals surface area (Å²) in [6.45, 7) is 4.48. The molecule has 0 saturated carbocycles. The van der Waals surface area contributed by atoms with Crippen molar-refractivity contribution in [1.82, 2.24) is 9.80 Å². The van der Waals surface area contributed by atoms with Gasteiger partial charge in [0.15, 0.2) is 0 Å². The number of hydrogen-bond acceptors (Lipinski definition) is 4. The zero-order valence-corrected chi connectivity index (χ0v) is 10.9. The molecule has 6 heteroatoms. The molecule has 96 valence electrons. The van der Waals surface area contributed by atoms with Crippen LogP contribution in [0.2, 0.25) is 5.22 Å². The molecule has 1 unspecified atom stereocenters. The van der Waals surface area contributed by atoms with Crippen molar-refractivity contribution in [2.75, 3.05) is 26.2 Å². The Morgan fingerprint density at radius 2 is 2.17 bits per heavy atom. The summed E-state index contributed by atoms with van der Waals surface area (Å²) in [5.41, 5.74) is 0.401. The summed E-state index contributed by atoms with van der Waals surface area (Å²) >= 11 is 5.79. The maximum atomic E-state index is 12.1. The lowest BCUT2D eigenvalue weighted by atomic mass is 10.2. The second-order valence-corrected chi connectivity index (χ2v) is 4.58. The minimum atomic E-state index is -0.113. The fraction of sp³-hybridized carbons (Fsp3) is 0.500. The molecule has 0 N–H and O–H groups in total. The Kier molecular flexibility index (Phi) is 3.90. The van der Waals surface area contributed by atoms with E-state index >= 15 is 0 Å². The van der Waals surface area contributed by atoms with Gasteiger partial charge in [0.2, 0.25) is 5.22 Å². The van der Waals surface area contributed by atoms with E-state index in [-0.39, 0.29) is 17.2 Å². The summed E-state index contributed by atoms with van der Waals surface area (Å²) in [7, 11) is 0. The molecule has 2 heterocycles. The number of nitrogens with zero attached hydrogens (tertiary/aromatic N) is 3. The van der Waals surface area contributed by atoms with Crippen molar-refractivity contribution in [3.8, 4) is 6.07 Å². The first-order chi connectivity index (χ1) is 8.63. The van der Waals surface area contributed by atoms with E-state index in [4.69, 9.17) is 21.3 Å². The van der Waals surface area contributed by atoms with E-state index in [9.17, 15) is 4.79 Å². The summed E-state index contributed by atoms with van der Waals surface area (Å²) in [5.74, 6) is -0.113. The molecule has 5 nitrogen and oxygen atoms in total. The number of hydrogen-bond donors (Lipinski definition) is 0. The Morgan fingerprint density at radius 3 is 2.67 bits per heavy atom. The van der Waals surface area contributed by atoms with Gasteiger partial charge >= 0.3 is 0 Å². The third kappa shape index (κ3) is 2.50. The van der Waals surface area contributed by atoms with Crippen LogP contribution in [0.25, 0.3) is 0 Å². The van der Waals surface area contributed by atoms with Gasteiger partial charge in [-0.05, 0) is 24.6 Å². The van der Waals surface area contributed by atoms with Crippen molar-refractivity contribution in [1.29, 1.82) is 5.26 Å². The minimum Gasteiger partial charge on any atom is -0.452 e. The standard InChI is InChI=1S/C12H14ClN3O2/c1-9(8-14)15-3-5-16(6-4-15)12(17)10-2-7-18-11(10)13/h2,7,9H,3-6H2,1H3. The van der Waals surface area contributed by atoms with Gasteiger partial charge in [0.05, 0.1) is 23.9 Å². The summed E-state index contributed by atoms with van der Waals surface area (Å²) in [4.78, 5) is 15.9. The molecule has 1 aliphatic heterocycles. The number of halogens is 1. The van der Waals surface area contributed by atoms with E-state index in [2.05, 4.69) is 11.0 Å². The molecule has 18 heavy (non-hydrogen) atoms. The quantitative estimate of drug-likeness (QED) is 0.817. The van der Waals surface area contributed by atoms with Crippen LogP contribution in [0.3, 0.4) is 0 Å². The van der Waals surface area contributed by atoms with E-state index in [0.29, 0.717) is 31.7 Å². The summed E-state index contributed by atoms with van der Waals surface area (Å²) in [6.07, 6.45) is 1.41. The van der Waals surface area contributed by atoms with Crippen LogP contribution in [0.5, 0.6) is 0 Å². The number of amides is 1. The minimum absolute atomic E-state index is 0.111. The Bertz CT molecular complexity index is 472. The van der Waals surface area contributed by atoms with E-state index in [1.807, 2.05) is 6.92 Å². The Labute approximate surface area is 111 Å². The third-order valence-corrected chi connectivity index (χ3v) is 3.48. The van der Waals surface area contributed by atoms with Crippen LogP contribution in [-0.2, 0) is 0 Å². The Morgan fingerprint density at radius 1 is 1.50 bits per heavy atom. The second kappa shape index (κ2) is 5.42. The van der Waals surface area contributed by atoms with Gasteiger partial charge in [-0.15, -0.1) is 0 Å². The van der Waals surface area contributed by atoms with Crippen LogP contribution in [0.15, 0.2) is 16.7 Å². The molecular formula is C12H14ClN3O2. The van der Waals surface area contributed by atoms with E-state index < -0.39 is 0 Å². The summed E-state index contributed by atoms with van der Waals surface area (Å²) in [5, 5.41) is 8.98. The average molecular weight is 268 g/mol. The summed E-state index contributed by atoms with van der Waals surface area (Å²) in [6, 6.07) is 3.67. The first-order valence-corrected chi connectivity index (χ1v) is 6.17. The first-order valence-electron chi connectivity index (χ1n) is 5.79. The van der Waals surface area contributed by atoms with Crippen molar-refractivity contribution < 1.29 is 9.21 Å². The van der Waals surface area contributed by atoms with E-state index in [1.165, 1.54) is 6.26 Å². The molecule has 0 aliphatic carbocycles. The molecule has 1 aliphatic rings. The molecule has 0 aromatic carbocycles. The highest BCUT2D eigenvalue weighted by molar-refractivity contribution is 6.32. The van der Waals surface area contributed by atoms with Crippen molar-refractivity contribution in [3.63, 3.8) is 0 Å². The van der Waals surface area contributed by atoms with Gasteiger partial charge in [-0.2, -0.15) is 5.26 Å². The highest BCUT2D eigenvalue weighted by Gasteiger charge is 2.26. The van der Waals surface area contributed by atoms with Crippen LogP contribution in [0.4, 0.5) is 0 Å². The number of rotatable bonds is 2. The monoisotopic (exact) mass is 267 g/mol. The van der Waals surface area contributed by atoms with Crippen molar-refractivity contribution >= 4 is 17.5 Å². The molecule has 0 bridgehead atoms. The van der Waals surface area contributed by atoms with Gasteiger partial charge < -0.3 is 9.32 Å². The van der Waals surface area contributed by atoms with E-state index in [0.717, 1.165) is 0 Å². The van der Waals surface area contributed by atoms with Crippen LogP contribution in [-0.4, -0.2) is 47.9 Å². The van der Waals surface area contributed by atoms with Crippen LogP contribution < -0.4 is 0 Å². The van der Waals surface area contributed by atoms with Gasteiger partial charge in [-0.1, -0.05) is 0 Å². The van der Waals surface area contributed by atoms with Gasteiger partial charge in [-0.25, -0.2) is 0 Å². The largest absolute Gasteiger partial charge is 0.452 e. The maximum Gasteiger partial charge on any atom is 0.258 e. The molecule has 0 radical (unpaired) electrons. The molecule has 1 saturated heterocycles. The van der Waals surface area contributed by atoms with Crippen LogP contribution in [0, 0.1) is 11.3 Å². The summed E-state index contributed by atoms with van der Waals surface area (Å²) < 4.78 is 4.92. The number of nitriles is 1. The fourth-order valence-corrected chi connectivity index (χ4v) is 2.21.